The lowest BCUT2D eigenvalue weighted by Crippen LogP contribution is -2.47. The molecule has 1 aliphatic rings. The number of carboxylic acids is 1. The summed E-state index contributed by atoms with van der Waals surface area (Å²) in [5.74, 6) is -1.12. The molecule has 0 aromatic heterocycles. The van der Waals surface area contributed by atoms with E-state index in [1.807, 2.05) is 32.0 Å². The van der Waals surface area contributed by atoms with Crippen molar-refractivity contribution in [3.05, 3.63) is 28.2 Å². The largest absolute Gasteiger partial charge is 0.481 e. The molecule has 1 fully saturated rings. The number of rotatable bonds is 2. The molecule has 1 aliphatic heterocycles. The average Bonchev–Trinajstić information content (AvgIpc) is 2.42. The summed E-state index contributed by atoms with van der Waals surface area (Å²) < 4.78 is 0.984. The van der Waals surface area contributed by atoms with Crippen LogP contribution < -0.4 is 5.32 Å². The first kappa shape index (κ1) is 15.8. The zero-order valence-corrected chi connectivity index (χ0v) is 13.7. The molecule has 2 rings (SSSR count). The van der Waals surface area contributed by atoms with Gasteiger partial charge in [0, 0.05) is 23.2 Å². The molecule has 0 saturated carbocycles. The van der Waals surface area contributed by atoms with Crippen LogP contribution in [0.3, 0.4) is 0 Å². The lowest BCUT2D eigenvalue weighted by molar-refractivity contribution is -0.143. The van der Waals surface area contributed by atoms with Crippen LogP contribution in [-0.4, -0.2) is 35.1 Å². The number of benzene rings is 1. The Morgan fingerprint density at radius 3 is 2.71 bits per heavy atom. The number of aryl methyl sites for hydroxylation is 1. The van der Waals surface area contributed by atoms with Crippen LogP contribution in [0.1, 0.15) is 18.9 Å². The Balaban J connectivity index is 2.05. The number of likely N-dealkylation sites (tertiary alicyclic amines) is 1. The van der Waals surface area contributed by atoms with E-state index in [4.69, 9.17) is 5.11 Å². The van der Waals surface area contributed by atoms with Crippen LogP contribution in [0.15, 0.2) is 22.7 Å². The topological polar surface area (TPSA) is 69.6 Å². The van der Waals surface area contributed by atoms with Crippen LogP contribution in [0, 0.1) is 18.8 Å². The number of halogens is 1. The average molecular weight is 355 g/mol. The van der Waals surface area contributed by atoms with Crippen molar-refractivity contribution in [2.45, 2.75) is 20.3 Å². The molecule has 2 amide bonds. The molecule has 2 atom stereocenters. The molecule has 0 bridgehead atoms. The van der Waals surface area contributed by atoms with Crippen molar-refractivity contribution in [3.63, 3.8) is 0 Å². The molecular formula is C15H19BrN2O3. The molecule has 21 heavy (non-hydrogen) atoms. The molecule has 114 valence electrons. The first-order chi connectivity index (χ1) is 9.86. The van der Waals surface area contributed by atoms with E-state index in [1.165, 1.54) is 0 Å². The first-order valence-electron chi connectivity index (χ1n) is 6.91. The van der Waals surface area contributed by atoms with E-state index < -0.39 is 11.9 Å². The molecule has 1 saturated heterocycles. The van der Waals surface area contributed by atoms with E-state index in [0.29, 0.717) is 18.7 Å². The standard InChI is InChI=1S/C15H19BrN2O3/c1-9-5-11(14(19)20)8-18(7-9)15(21)17-12-3-4-13(16)10(2)6-12/h3-4,6,9,11H,5,7-8H2,1-2H3,(H,17,21)(H,19,20). The fourth-order valence-electron chi connectivity index (χ4n) is 2.62. The number of carboxylic acid groups (broad SMARTS) is 1. The van der Waals surface area contributed by atoms with Crippen LogP contribution in [0.25, 0.3) is 0 Å². The van der Waals surface area contributed by atoms with Gasteiger partial charge in [-0.25, -0.2) is 4.79 Å². The van der Waals surface area contributed by atoms with Crippen molar-refractivity contribution in [2.24, 2.45) is 11.8 Å². The normalized spacial score (nSPS) is 22.0. The summed E-state index contributed by atoms with van der Waals surface area (Å²) in [7, 11) is 0. The highest BCUT2D eigenvalue weighted by Crippen LogP contribution is 2.24. The number of amides is 2. The summed E-state index contributed by atoms with van der Waals surface area (Å²) in [5, 5.41) is 12.0. The van der Waals surface area contributed by atoms with Gasteiger partial charge >= 0.3 is 12.0 Å². The Morgan fingerprint density at radius 2 is 2.10 bits per heavy atom. The van der Waals surface area contributed by atoms with Gasteiger partial charge in [-0.3, -0.25) is 4.79 Å². The second kappa shape index (κ2) is 6.47. The van der Waals surface area contributed by atoms with Crippen molar-refractivity contribution >= 4 is 33.6 Å². The van der Waals surface area contributed by atoms with E-state index in [2.05, 4.69) is 21.2 Å². The second-order valence-corrected chi connectivity index (χ2v) is 6.53. The Hall–Kier alpha value is -1.56. The Morgan fingerprint density at radius 1 is 1.38 bits per heavy atom. The summed E-state index contributed by atoms with van der Waals surface area (Å²) in [6.45, 7) is 4.77. The van der Waals surface area contributed by atoms with Crippen LogP contribution in [-0.2, 0) is 4.79 Å². The summed E-state index contributed by atoms with van der Waals surface area (Å²) in [4.78, 5) is 25.0. The van der Waals surface area contributed by atoms with E-state index >= 15 is 0 Å². The number of urea groups is 1. The van der Waals surface area contributed by atoms with E-state index in [0.717, 1.165) is 10.0 Å². The maximum Gasteiger partial charge on any atom is 0.321 e. The molecule has 1 heterocycles. The van der Waals surface area contributed by atoms with Gasteiger partial charge in [-0.15, -0.1) is 0 Å². The van der Waals surface area contributed by atoms with Gasteiger partial charge < -0.3 is 15.3 Å². The van der Waals surface area contributed by atoms with Crippen LogP contribution in [0.4, 0.5) is 10.5 Å². The molecule has 0 radical (unpaired) electrons. The number of hydrogen-bond donors (Lipinski definition) is 2. The zero-order chi connectivity index (χ0) is 15.6. The minimum absolute atomic E-state index is 0.192. The number of aliphatic carboxylic acids is 1. The minimum Gasteiger partial charge on any atom is -0.481 e. The summed E-state index contributed by atoms with van der Waals surface area (Å²) >= 11 is 3.42. The predicted molar refractivity (Wildman–Crippen MR) is 84.4 cm³/mol. The Kier molecular flexibility index (Phi) is 4.88. The van der Waals surface area contributed by atoms with Gasteiger partial charge in [0.05, 0.1) is 5.92 Å². The van der Waals surface area contributed by atoms with Crippen LogP contribution in [0.2, 0.25) is 0 Å². The monoisotopic (exact) mass is 354 g/mol. The first-order valence-corrected chi connectivity index (χ1v) is 7.71. The summed E-state index contributed by atoms with van der Waals surface area (Å²) in [5.41, 5.74) is 1.74. The molecule has 6 heteroatoms. The van der Waals surface area contributed by atoms with Gasteiger partial charge in [-0.05, 0) is 43.0 Å². The van der Waals surface area contributed by atoms with Crippen LogP contribution >= 0.6 is 15.9 Å². The quantitative estimate of drug-likeness (QED) is 0.855. The van der Waals surface area contributed by atoms with Gasteiger partial charge in [0.25, 0.3) is 0 Å². The molecule has 5 nitrogen and oxygen atoms in total. The van der Waals surface area contributed by atoms with Gasteiger partial charge in [-0.2, -0.15) is 0 Å². The lowest BCUT2D eigenvalue weighted by Gasteiger charge is -2.34. The van der Waals surface area contributed by atoms with E-state index in [1.54, 1.807) is 4.90 Å². The fourth-order valence-corrected chi connectivity index (χ4v) is 2.87. The number of anilines is 1. The third-order valence-electron chi connectivity index (χ3n) is 3.71. The number of hydrogen-bond acceptors (Lipinski definition) is 2. The minimum atomic E-state index is -0.834. The highest BCUT2D eigenvalue weighted by Gasteiger charge is 2.31. The number of nitrogens with zero attached hydrogens (tertiary/aromatic N) is 1. The maximum absolute atomic E-state index is 12.3. The third-order valence-corrected chi connectivity index (χ3v) is 4.60. The highest BCUT2D eigenvalue weighted by atomic mass is 79.9. The van der Waals surface area contributed by atoms with Crippen molar-refractivity contribution < 1.29 is 14.7 Å². The maximum atomic E-state index is 12.3. The second-order valence-electron chi connectivity index (χ2n) is 5.68. The lowest BCUT2D eigenvalue weighted by atomic mass is 9.91. The number of nitrogens with one attached hydrogen (secondary N) is 1. The molecule has 1 aromatic rings. The van der Waals surface area contributed by atoms with Gasteiger partial charge in [0.15, 0.2) is 0 Å². The van der Waals surface area contributed by atoms with Crippen molar-refractivity contribution in [3.8, 4) is 0 Å². The molecule has 2 unspecified atom stereocenters. The van der Waals surface area contributed by atoms with Gasteiger partial charge in [-0.1, -0.05) is 22.9 Å². The van der Waals surface area contributed by atoms with E-state index in [9.17, 15) is 9.59 Å². The zero-order valence-electron chi connectivity index (χ0n) is 12.1. The molecule has 0 aliphatic carbocycles. The number of piperidine rings is 1. The number of carbonyl (C=O) groups is 2. The van der Waals surface area contributed by atoms with Gasteiger partial charge in [0.2, 0.25) is 0 Å². The van der Waals surface area contributed by atoms with Crippen molar-refractivity contribution in [1.29, 1.82) is 0 Å². The van der Waals surface area contributed by atoms with Crippen LogP contribution in [0.5, 0.6) is 0 Å². The molecule has 2 N–H and O–H groups in total. The molecular weight excluding hydrogens is 336 g/mol. The van der Waals surface area contributed by atoms with E-state index in [-0.39, 0.29) is 18.5 Å². The van der Waals surface area contributed by atoms with Crippen molar-refractivity contribution in [1.82, 2.24) is 4.90 Å². The Bertz CT molecular complexity index is 562. The Labute approximate surface area is 132 Å². The molecule has 0 spiro atoms. The summed E-state index contributed by atoms with van der Waals surface area (Å²) in [6.07, 6.45) is 0.622. The fraction of sp³-hybridized carbons (Fsp3) is 0.467. The third kappa shape index (κ3) is 3.97. The summed E-state index contributed by atoms with van der Waals surface area (Å²) in [6, 6.07) is 5.33. The SMILES string of the molecule is Cc1cc(NC(=O)N2CC(C)CC(C(=O)O)C2)ccc1Br. The number of carbonyl (C=O) groups excluding carboxylic acids is 1. The molecule has 1 aromatic carbocycles. The highest BCUT2D eigenvalue weighted by molar-refractivity contribution is 9.10. The smallest absolute Gasteiger partial charge is 0.321 e. The predicted octanol–water partition coefficient (Wildman–Crippen LogP) is 3.33. The van der Waals surface area contributed by atoms with Crippen molar-refractivity contribution in [2.75, 3.05) is 18.4 Å². The van der Waals surface area contributed by atoms with Gasteiger partial charge in [0.1, 0.15) is 0 Å².